The lowest BCUT2D eigenvalue weighted by atomic mass is 10.1. The van der Waals surface area contributed by atoms with Crippen LogP contribution in [-0.2, 0) is 6.61 Å². The summed E-state index contributed by atoms with van der Waals surface area (Å²) in [4.78, 5) is 0. The van der Waals surface area contributed by atoms with Crippen LogP contribution >= 0.6 is 0 Å². The maximum absolute atomic E-state index is 8.54. The van der Waals surface area contributed by atoms with Gasteiger partial charge < -0.3 is 5.11 Å². The molecule has 3 aromatic carbocycles. The third kappa shape index (κ3) is 4.38. The molecule has 1 N–H and O–H groups in total. The third-order valence-electron chi connectivity index (χ3n) is 2.91. The predicted molar refractivity (Wildman–Crippen MR) is 84.2 cm³/mol. The molecule has 100 valence electrons. The Balaban J connectivity index is 0.000000160. The Morgan fingerprint density at radius 1 is 0.500 bits per heavy atom. The predicted octanol–water partition coefficient (Wildman–Crippen LogP) is 4.53. The second-order valence-corrected chi connectivity index (χ2v) is 4.38. The molecule has 0 aliphatic rings. The van der Waals surface area contributed by atoms with Crippen molar-refractivity contribution >= 4 is 0 Å². The van der Waals surface area contributed by atoms with E-state index < -0.39 is 0 Å². The molecule has 3 aromatic rings. The molecular formula is C19H18O. The van der Waals surface area contributed by atoms with Gasteiger partial charge in [-0.3, -0.25) is 0 Å². The van der Waals surface area contributed by atoms with Crippen LogP contribution in [0.2, 0.25) is 0 Å². The number of benzene rings is 3. The van der Waals surface area contributed by atoms with Gasteiger partial charge in [0.2, 0.25) is 0 Å². The Labute approximate surface area is 120 Å². The summed E-state index contributed by atoms with van der Waals surface area (Å²) in [7, 11) is 0. The van der Waals surface area contributed by atoms with Crippen LogP contribution in [0.1, 0.15) is 5.56 Å². The molecule has 0 aromatic heterocycles. The van der Waals surface area contributed by atoms with E-state index in [1.165, 1.54) is 11.1 Å². The molecule has 0 atom stereocenters. The second-order valence-electron chi connectivity index (χ2n) is 4.38. The van der Waals surface area contributed by atoms with Gasteiger partial charge in [-0.15, -0.1) is 0 Å². The quantitative estimate of drug-likeness (QED) is 0.719. The zero-order valence-corrected chi connectivity index (χ0v) is 11.3. The summed E-state index contributed by atoms with van der Waals surface area (Å²) in [6.45, 7) is 0.140. The van der Waals surface area contributed by atoms with Crippen molar-refractivity contribution in [2.45, 2.75) is 6.61 Å². The number of hydrogen-bond acceptors (Lipinski definition) is 1. The van der Waals surface area contributed by atoms with Crippen molar-refractivity contribution in [1.82, 2.24) is 0 Å². The van der Waals surface area contributed by atoms with Gasteiger partial charge in [-0.25, -0.2) is 0 Å². The highest BCUT2D eigenvalue weighted by atomic mass is 16.3. The maximum atomic E-state index is 8.54. The van der Waals surface area contributed by atoms with Crippen LogP contribution < -0.4 is 0 Å². The minimum atomic E-state index is 0.140. The van der Waals surface area contributed by atoms with Gasteiger partial charge in [-0.05, 0) is 16.7 Å². The van der Waals surface area contributed by atoms with Gasteiger partial charge in [0.05, 0.1) is 6.61 Å². The molecule has 3 rings (SSSR count). The smallest absolute Gasteiger partial charge is 0.0681 e. The van der Waals surface area contributed by atoms with Crippen LogP contribution in [0.5, 0.6) is 0 Å². The molecule has 0 saturated heterocycles. The van der Waals surface area contributed by atoms with Crippen LogP contribution in [0.15, 0.2) is 91.0 Å². The highest BCUT2D eigenvalue weighted by Crippen LogP contribution is 2.17. The Hall–Kier alpha value is -2.38. The number of aliphatic hydroxyl groups excluding tert-OH is 1. The van der Waals surface area contributed by atoms with Crippen molar-refractivity contribution in [3.05, 3.63) is 96.6 Å². The molecule has 0 amide bonds. The first-order valence-electron chi connectivity index (χ1n) is 6.65. The van der Waals surface area contributed by atoms with Crippen molar-refractivity contribution < 1.29 is 5.11 Å². The molecule has 1 nitrogen and oxygen atoms in total. The molecule has 0 spiro atoms. The van der Waals surface area contributed by atoms with Gasteiger partial charge in [-0.2, -0.15) is 0 Å². The largest absolute Gasteiger partial charge is 0.392 e. The van der Waals surface area contributed by atoms with Gasteiger partial charge in [0.25, 0.3) is 0 Å². The molecule has 0 saturated carbocycles. The van der Waals surface area contributed by atoms with Crippen molar-refractivity contribution in [2.75, 3.05) is 0 Å². The molecule has 0 unspecified atom stereocenters. The Morgan fingerprint density at radius 3 is 1.15 bits per heavy atom. The number of aliphatic hydroxyl groups is 1. The van der Waals surface area contributed by atoms with Crippen LogP contribution in [-0.4, -0.2) is 5.11 Å². The summed E-state index contributed by atoms with van der Waals surface area (Å²) in [5, 5.41) is 8.54. The fourth-order valence-electron chi connectivity index (χ4n) is 1.84. The zero-order chi connectivity index (χ0) is 14.0. The molecule has 0 aliphatic heterocycles. The second kappa shape index (κ2) is 7.93. The Bertz CT molecular complexity index is 551. The number of rotatable bonds is 2. The van der Waals surface area contributed by atoms with E-state index in [4.69, 9.17) is 5.11 Å². The van der Waals surface area contributed by atoms with E-state index in [9.17, 15) is 0 Å². The average molecular weight is 262 g/mol. The zero-order valence-electron chi connectivity index (χ0n) is 11.3. The van der Waals surface area contributed by atoms with Gasteiger partial charge in [0.1, 0.15) is 0 Å². The first kappa shape index (κ1) is 14.0. The van der Waals surface area contributed by atoms with E-state index in [2.05, 4.69) is 48.5 Å². The standard InChI is InChI=1S/C12H10.C7H8O/c1-3-7-11(8-4-1)12-9-5-2-6-10-12;8-6-7-4-2-1-3-5-7/h1-10H;1-5,8H,6H2. The summed E-state index contributed by atoms with van der Waals surface area (Å²) < 4.78 is 0. The normalized spacial score (nSPS) is 9.45. The van der Waals surface area contributed by atoms with E-state index in [1.54, 1.807) is 0 Å². The molecule has 1 heteroatoms. The van der Waals surface area contributed by atoms with E-state index in [0.717, 1.165) is 5.56 Å². The lowest BCUT2D eigenvalue weighted by Crippen LogP contribution is -1.77. The first-order chi connectivity index (χ1) is 9.90. The minimum Gasteiger partial charge on any atom is -0.392 e. The van der Waals surface area contributed by atoms with Crippen molar-refractivity contribution in [3.63, 3.8) is 0 Å². The van der Waals surface area contributed by atoms with Gasteiger partial charge in [0.15, 0.2) is 0 Å². The summed E-state index contributed by atoms with van der Waals surface area (Å²) in [6.07, 6.45) is 0. The van der Waals surface area contributed by atoms with Crippen LogP contribution in [0.25, 0.3) is 11.1 Å². The summed E-state index contributed by atoms with van der Waals surface area (Å²) in [5.74, 6) is 0. The van der Waals surface area contributed by atoms with E-state index >= 15 is 0 Å². The Morgan fingerprint density at radius 2 is 0.850 bits per heavy atom. The summed E-state index contributed by atoms with van der Waals surface area (Å²) in [6, 6.07) is 30.3. The SMILES string of the molecule is OCc1ccccc1.c1ccc(-c2ccccc2)cc1. The van der Waals surface area contributed by atoms with E-state index in [0.29, 0.717) is 0 Å². The third-order valence-corrected chi connectivity index (χ3v) is 2.91. The fourth-order valence-corrected chi connectivity index (χ4v) is 1.84. The molecule has 20 heavy (non-hydrogen) atoms. The van der Waals surface area contributed by atoms with Gasteiger partial charge >= 0.3 is 0 Å². The molecular weight excluding hydrogens is 244 g/mol. The monoisotopic (exact) mass is 262 g/mol. The maximum Gasteiger partial charge on any atom is 0.0681 e. The van der Waals surface area contributed by atoms with Crippen molar-refractivity contribution in [2.24, 2.45) is 0 Å². The topological polar surface area (TPSA) is 20.2 Å². The highest BCUT2D eigenvalue weighted by Gasteiger charge is 1.91. The van der Waals surface area contributed by atoms with Crippen LogP contribution in [0.3, 0.4) is 0 Å². The fraction of sp³-hybridized carbons (Fsp3) is 0.0526. The average Bonchev–Trinajstić information content (AvgIpc) is 2.58. The van der Waals surface area contributed by atoms with Gasteiger partial charge in [-0.1, -0.05) is 91.0 Å². The molecule has 0 heterocycles. The molecule has 0 fully saturated rings. The lowest BCUT2D eigenvalue weighted by molar-refractivity contribution is 0.282. The lowest BCUT2D eigenvalue weighted by Gasteiger charge is -1.98. The number of hydrogen-bond donors (Lipinski definition) is 1. The van der Waals surface area contributed by atoms with Crippen molar-refractivity contribution in [1.29, 1.82) is 0 Å². The highest BCUT2D eigenvalue weighted by molar-refractivity contribution is 5.62. The van der Waals surface area contributed by atoms with E-state index in [-0.39, 0.29) is 6.61 Å². The Kier molecular flexibility index (Phi) is 5.56. The van der Waals surface area contributed by atoms with Gasteiger partial charge in [0, 0.05) is 0 Å². The summed E-state index contributed by atoms with van der Waals surface area (Å²) >= 11 is 0. The van der Waals surface area contributed by atoms with E-state index in [1.807, 2.05) is 42.5 Å². The van der Waals surface area contributed by atoms with Crippen LogP contribution in [0, 0.1) is 0 Å². The first-order valence-corrected chi connectivity index (χ1v) is 6.65. The molecule has 0 radical (unpaired) electrons. The van der Waals surface area contributed by atoms with Crippen LogP contribution in [0.4, 0.5) is 0 Å². The summed E-state index contributed by atoms with van der Waals surface area (Å²) in [5.41, 5.74) is 3.52. The molecule has 0 bridgehead atoms. The minimum absolute atomic E-state index is 0.140. The molecule has 0 aliphatic carbocycles. The van der Waals surface area contributed by atoms with Crippen molar-refractivity contribution in [3.8, 4) is 11.1 Å².